The summed E-state index contributed by atoms with van der Waals surface area (Å²) >= 11 is 6.06. The van der Waals surface area contributed by atoms with Crippen molar-refractivity contribution in [1.29, 1.82) is 0 Å². The summed E-state index contributed by atoms with van der Waals surface area (Å²) in [4.78, 5) is 4.42. The van der Waals surface area contributed by atoms with E-state index < -0.39 is 6.36 Å². The van der Waals surface area contributed by atoms with Crippen LogP contribution in [0, 0.1) is 0 Å². The molecule has 0 unspecified atom stereocenters. The Hall–Kier alpha value is -1.75. The fourth-order valence-corrected chi connectivity index (χ4v) is 2.04. The summed E-state index contributed by atoms with van der Waals surface area (Å²) in [6.45, 7) is 3.97. The van der Waals surface area contributed by atoms with Crippen LogP contribution in [0.15, 0.2) is 36.4 Å². The summed E-state index contributed by atoms with van der Waals surface area (Å²) in [5.41, 5.74) is 1.76. The molecule has 1 heterocycles. The van der Waals surface area contributed by atoms with E-state index >= 15 is 0 Å². The Bertz CT molecular complexity index is 641. The van der Waals surface area contributed by atoms with E-state index in [9.17, 15) is 13.2 Å². The Morgan fingerprint density at radius 3 is 2.48 bits per heavy atom. The highest BCUT2D eigenvalue weighted by atomic mass is 35.5. The molecule has 112 valence electrons. The van der Waals surface area contributed by atoms with Crippen LogP contribution in [-0.4, -0.2) is 11.3 Å². The van der Waals surface area contributed by atoms with Crippen molar-refractivity contribution in [3.8, 4) is 17.0 Å². The number of ether oxygens (including phenoxy) is 1. The van der Waals surface area contributed by atoms with Gasteiger partial charge in [-0.05, 0) is 36.2 Å². The summed E-state index contributed by atoms with van der Waals surface area (Å²) in [6.07, 6.45) is -4.74. The first-order valence-electron chi connectivity index (χ1n) is 6.29. The van der Waals surface area contributed by atoms with Gasteiger partial charge in [0.2, 0.25) is 0 Å². The van der Waals surface area contributed by atoms with Crippen molar-refractivity contribution in [1.82, 2.24) is 4.98 Å². The summed E-state index contributed by atoms with van der Waals surface area (Å²) < 4.78 is 40.7. The Morgan fingerprint density at radius 1 is 1.14 bits per heavy atom. The van der Waals surface area contributed by atoms with Gasteiger partial charge in [0.05, 0.1) is 10.7 Å². The molecule has 0 aliphatic carbocycles. The SMILES string of the molecule is CC(C)c1cccc(-c2cc(OC(F)(F)F)ccc2Cl)n1. The van der Waals surface area contributed by atoms with E-state index in [1.165, 1.54) is 18.2 Å². The normalized spacial score (nSPS) is 11.8. The molecular weight excluding hydrogens is 303 g/mol. The zero-order chi connectivity index (χ0) is 15.6. The summed E-state index contributed by atoms with van der Waals surface area (Å²) in [7, 11) is 0. The second kappa shape index (κ2) is 5.93. The van der Waals surface area contributed by atoms with Crippen LogP contribution in [0.2, 0.25) is 5.02 Å². The number of rotatable bonds is 3. The number of nitrogens with zero attached hydrogens (tertiary/aromatic N) is 1. The Kier molecular flexibility index (Phi) is 4.42. The lowest BCUT2D eigenvalue weighted by atomic mass is 10.1. The first-order valence-corrected chi connectivity index (χ1v) is 6.66. The standard InChI is InChI=1S/C15H13ClF3NO/c1-9(2)13-4-3-5-14(20-13)11-8-10(6-7-12(11)16)21-15(17,18)19/h3-9H,1-2H3. The molecule has 0 aliphatic rings. The van der Waals surface area contributed by atoms with E-state index in [0.717, 1.165) is 5.69 Å². The van der Waals surface area contributed by atoms with Gasteiger partial charge in [-0.15, -0.1) is 13.2 Å². The van der Waals surface area contributed by atoms with E-state index in [1.54, 1.807) is 12.1 Å². The highest BCUT2D eigenvalue weighted by Crippen LogP contribution is 2.33. The molecule has 0 saturated carbocycles. The predicted octanol–water partition coefficient (Wildman–Crippen LogP) is 5.42. The first-order chi connectivity index (χ1) is 9.76. The first kappa shape index (κ1) is 15.6. The summed E-state index contributed by atoms with van der Waals surface area (Å²) in [5.74, 6) is -0.114. The minimum absolute atomic E-state index is 0.207. The number of alkyl halides is 3. The molecule has 6 heteroatoms. The molecule has 2 aromatic rings. The third kappa shape index (κ3) is 4.11. The molecule has 0 aliphatic heterocycles. The smallest absolute Gasteiger partial charge is 0.406 e. The van der Waals surface area contributed by atoms with E-state index in [0.29, 0.717) is 16.3 Å². The number of aromatic nitrogens is 1. The number of hydrogen-bond acceptors (Lipinski definition) is 2. The summed E-state index contributed by atoms with van der Waals surface area (Å²) in [6, 6.07) is 9.13. The molecule has 0 saturated heterocycles. The highest BCUT2D eigenvalue weighted by molar-refractivity contribution is 6.33. The van der Waals surface area contributed by atoms with Crippen molar-refractivity contribution in [3.63, 3.8) is 0 Å². The Morgan fingerprint density at radius 2 is 1.86 bits per heavy atom. The van der Waals surface area contributed by atoms with Crippen molar-refractivity contribution >= 4 is 11.6 Å². The van der Waals surface area contributed by atoms with Gasteiger partial charge in [0, 0.05) is 11.3 Å². The van der Waals surface area contributed by atoms with Gasteiger partial charge in [-0.2, -0.15) is 0 Å². The molecule has 0 N–H and O–H groups in total. The largest absolute Gasteiger partial charge is 0.573 e. The molecule has 0 bridgehead atoms. The fourth-order valence-electron chi connectivity index (χ4n) is 1.82. The van der Waals surface area contributed by atoms with Crippen molar-refractivity contribution in [3.05, 3.63) is 47.1 Å². The second-order valence-corrected chi connectivity index (χ2v) is 5.20. The van der Waals surface area contributed by atoms with Crippen LogP contribution < -0.4 is 4.74 Å². The Balaban J connectivity index is 2.43. The lowest BCUT2D eigenvalue weighted by Crippen LogP contribution is -2.17. The van der Waals surface area contributed by atoms with Gasteiger partial charge in [-0.1, -0.05) is 31.5 Å². The van der Waals surface area contributed by atoms with E-state index in [-0.39, 0.29) is 11.7 Å². The maximum absolute atomic E-state index is 12.3. The van der Waals surface area contributed by atoms with Gasteiger partial charge in [0.25, 0.3) is 0 Å². The Labute approximate surface area is 125 Å². The summed E-state index contributed by atoms with van der Waals surface area (Å²) in [5, 5.41) is 0.318. The van der Waals surface area contributed by atoms with Crippen LogP contribution >= 0.6 is 11.6 Å². The lowest BCUT2D eigenvalue weighted by Gasteiger charge is -2.12. The zero-order valence-corrected chi connectivity index (χ0v) is 12.2. The van der Waals surface area contributed by atoms with Crippen molar-refractivity contribution < 1.29 is 17.9 Å². The third-order valence-corrected chi connectivity index (χ3v) is 3.14. The number of benzene rings is 1. The molecule has 0 spiro atoms. The van der Waals surface area contributed by atoms with Crippen LogP contribution in [-0.2, 0) is 0 Å². The minimum Gasteiger partial charge on any atom is -0.406 e. The number of halogens is 4. The van der Waals surface area contributed by atoms with Gasteiger partial charge >= 0.3 is 6.36 Å². The molecular formula is C15H13ClF3NO. The quantitative estimate of drug-likeness (QED) is 0.754. The molecule has 0 atom stereocenters. The predicted molar refractivity (Wildman–Crippen MR) is 75.5 cm³/mol. The van der Waals surface area contributed by atoms with Crippen molar-refractivity contribution in [2.24, 2.45) is 0 Å². The van der Waals surface area contributed by atoms with Crippen LogP contribution in [0.5, 0.6) is 5.75 Å². The van der Waals surface area contributed by atoms with Crippen molar-refractivity contribution in [2.75, 3.05) is 0 Å². The van der Waals surface area contributed by atoms with Crippen LogP contribution in [0.25, 0.3) is 11.3 Å². The van der Waals surface area contributed by atoms with Gasteiger partial charge in [0.1, 0.15) is 5.75 Å². The monoisotopic (exact) mass is 315 g/mol. The molecule has 0 amide bonds. The molecule has 2 rings (SSSR count). The number of hydrogen-bond donors (Lipinski definition) is 0. The second-order valence-electron chi connectivity index (χ2n) is 4.79. The maximum Gasteiger partial charge on any atom is 0.573 e. The average molecular weight is 316 g/mol. The maximum atomic E-state index is 12.3. The highest BCUT2D eigenvalue weighted by Gasteiger charge is 2.31. The zero-order valence-electron chi connectivity index (χ0n) is 11.4. The molecule has 21 heavy (non-hydrogen) atoms. The molecule has 1 aromatic carbocycles. The van der Waals surface area contributed by atoms with Crippen molar-refractivity contribution in [2.45, 2.75) is 26.1 Å². The molecule has 0 fully saturated rings. The van der Waals surface area contributed by atoms with E-state index in [2.05, 4.69) is 9.72 Å². The van der Waals surface area contributed by atoms with E-state index in [1.807, 2.05) is 19.9 Å². The average Bonchev–Trinajstić information content (AvgIpc) is 2.39. The van der Waals surface area contributed by atoms with Gasteiger partial charge in [0.15, 0.2) is 0 Å². The van der Waals surface area contributed by atoms with Crippen LogP contribution in [0.4, 0.5) is 13.2 Å². The minimum atomic E-state index is -4.74. The van der Waals surface area contributed by atoms with Crippen LogP contribution in [0.1, 0.15) is 25.5 Å². The van der Waals surface area contributed by atoms with Crippen LogP contribution in [0.3, 0.4) is 0 Å². The molecule has 1 aromatic heterocycles. The van der Waals surface area contributed by atoms with E-state index in [4.69, 9.17) is 11.6 Å². The topological polar surface area (TPSA) is 22.1 Å². The van der Waals surface area contributed by atoms with Gasteiger partial charge < -0.3 is 4.74 Å². The number of pyridine rings is 1. The lowest BCUT2D eigenvalue weighted by molar-refractivity contribution is -0.274. The molecule has 2 nitrogen and oxygen atoms in total. The van der Waals surface area contributed by atoms with Gasteiger partial charge in [-0.25, -0.2) is 0 Å². The third-order valence-electron chi connectivity index (χ3n) is 2.81. The molecule has 0 radical (unpaired) electrons. The fraction of sp³-hybridized carbons (Fsp3) is 0.267. The van der Waals surface area contributed by atoms with Gasteiger partial charge in [-0.3, -0.25) is 4.98 Å².